The van der Waals surface area contributed by atoms with E-state index in [1.807, 2.05) is 12.1 Å². The number of rotatable bonds is 8. The lowest BCUT2D eigenvalue weighted by molar-refractivity contribution is 0.0832. The number of hydrogen-bond donors (Lipinski definition) is 2. The maximum Gasteiger partial charge on any atom is 0.263 e. The molecule has 0 saturated carbocycles. The molecule has 2 N–H and O–H groups in total. The molecule has 2 unspecified atom stereocenters. The molecule has 0 aliphatic rings. The van der Waals surface area contributed by atoms with Crippen molar-refractivity contribution >= 4 is 17.2 Å². The van der Waals surface area contributed by atoms with E-state index in [1.54, 1.807) is 25.1 Å². The molecule has 24 heavy (non-hydrogen) atoms. The van der Waals surface area contributed by atoms with Crippen molar-refractivity contribution in [1.82, 2.24) is 10.2 Å². The zero-order valence-corrected chi connectivity index (χ0v) is 15.3. The van der Waals surface area contributed by atoms with Crippen molar-refractivity contribution in [2.75, 3.05) is 20.6 Å². The van der Waals surface area contributed by atoms with Crippen molar-refractivity contribution in [3.05, 3.63) is 57.8 Å². The summed E-state index contributed by atoms with van der Waals surface area (Å²) >= 11 is 1.36. The summed E-state index contributed by atoms with van der Waals surface area (Å²) in [5.41, 5.74) is 1.33. The van der Waals surface area contributed by atoms with E-state index in [-0.39, 0.29) is 5.91 Å². The van der Waals surface area contributed by atoms with Crippen molar-refractivity contribution in [3.63, 3.8) is 0 Å². The van der Waals surface area contributed by atoms with Gasteiger partial charge in [-0.1, -0.05) is 30.3 Å². The van der Waals surface area contributed by atoms with Gasteiger partial charge in [0.2, 0.25) is 0 Å². The standard InChI is InChI=1S/C19H26N2O2S/c1-14(9-10-15-7-5-4-6-8-15)20-13-16(22)17-11-12-18(24-17)19(23)21(2)3/h4-8,11-12,14,16,20,22H,9-10,13H2,1-3H3. The lowest BCUT2D eigenvalue weighted by Gasteiger charge is -2.16. The van der Waals surface area contributed by atoms with Gasteiger partial charge < -0.3 is 15.3 Å². The summed E-state index contributed by atoms with van der Waals surface area (Å²) in [6, 6.07) is 14.3. The maximum atomic E-state index is 11.9. The van der Waals surface area contributed by atoms with Gasteiger partial charge in [0.15, 0.2) is 0 Å². The predicted molar refractivity (Wildman–Crippen MR) is 99.5 cm³/mol. The average molecular weight is 346 g/mol. The Bertz CT molecular complexity index is 640. The van der Waals surface area contributed by atoms with Gasteiger partial charge in [0.1, 0.15) is 6.10 Å². The highest BCUT2D eigenvalue weighted by Gasteiger charge is 2.16. The average Bonchev–Trinajstić information content (AvgIpc) is 3.08. The van der Waals surface area contributed by atoms with Gasteiger partial charge >= 0.3 is 0 Å². The highest BCUT2D eigenvalue weighted by Crippen LogP contribution is 2.24. The SMILES string of the molecule is CC(CCc1ccccc1)NCC(O)c1ccc(C(=O)N(C)C)s1. The Morgan fingerprint density at radius 3 is 2.58 bits per heavy atom. The van der Waals surface area contributed by atoms with Gasteiger partial charge in [0.25, 0.3) is 5.91 Å². The van der Waals surface area contributed by atoms with Crippen molar-refractivity contribution in [2.24, 2.45) is 0 Å². The summed E-state index contributed by atoms with van der Waals surface area (Å²) in [4.78, 5) is 14.9. The van der Waals surface area contributed by atoms with E-state index in [0.717, 1.165) is 17.7 Å². The maximum absolute atomic E-state index is 11.9. The number of carbonyl (C=O) groups excluding carboxylic acids is 1. The van der Waals surface area contributed by atoms with Gasteiger partial charge in [-0.3, -0.25) is 4.79 Å². The van der Waals surface area contributed by atoms with Crippen LogP contribution in [0.25, 0.3) is 0 Å². The number of aliphatic hydroxyl groups is 1. The molecule has 5 heteroatoms. The molecule has 0 radical (unpaired) electrons. The minimum absolute atomic E-state index is 0.0253. The van der Waals surface area contributed by atoms with Crippen molar-refractivity contribution < 1.29 is 9.90 Å². The second kappa shape index (κ2) is 8.97. The van der Waals surface area contributed by atoms with Crippen LogP contribution in [-0.2, 0) is 6.42 Å². The van der Waals surface area contributed by atoms with E-state index in [2.05, 4.69) is 36.5 Å². The molecule has 1 aromatic carbocycles. The Hall–Kier alpha value is -1.69. The van der Waals surface area contributed by atoms with Crippen LogP contribution in [-0.4, -0.2) is 42.6 Å². The molecule has 0 bridgehead atoms. The fourth-order valence-corrected chi connectivity index (χ4v) is 3.43. The molecular weight excluding hydrogens is 320 g/mol. The van der Waals surface area contributed by atoms with Crippen LogP contribution in [0, 0.1) is 0 Å². The van der Waals surface area contributed by atoms with Crippen molar-refractivity contribution in [3.8, 4) is 0 Å². The molecule has 2 rings (SSSR count). The van der Waals surface area contributed by atoms with Crippen LogP contribution in [0.3, 0.4) is 0 Å². The van der Waals surface area contributed by atoms with Gasteiger partial charge in [0, 0.05) is 31.6 Å². The molecule has 2 aromatic rings. The molecule has 0 fully saturated rings. The first kappa shape index (κ1) is 18.6. The van der Waals surface area contributed by atoms with Crippen LogP contribution in [0.15, 0.2) is 42.5 Å². The summed E-state index contributed by atoms with van der Waals surface area (Å²) in [7, 11) is 3.46. The van der Waals surface area contributed by atoms with Crippen LogP contribution in [0.1, 0.15) is 39.6 Å². The number of benzene rings is 1. The van der Waals surface area contributed by atoms with Crippen molar-refractivity contribution in [1.29, 1.82) is 0 Å². The zero-order valence-electron chi connectivity index (χ0n) is 14.5. The summed E-state index contributed by atoms with van der Waals surface area (Å²) in [5.74, 6) is -0.0253. The monoisotopic (exact) mass is 346 g/mol. The Kier molecular flexibility index (Phi) is 6.97. The van der Waals surface area contributed by atoms with E-state index in [9.17, 15) is 9.90 Å². The molecule has 1 aromatic heterocycles. The third-order valence-corrected chi connectivity index (χ3v) is 5.12. The largest absolute Gasteiger partial charge is 0.386 e. The van der Waals surface area contributed by atoms with Crippen LogP contribution < -0.4 is 5.32 Å². The Morgan fingerprint density at radius 2 is 1.92 bits per heavy atom. The van der Waals surface area contributed by atoms with E-state index in [1.165, 1.54) is 16.9 Å². The molecule has 0 spiro atoms. The smallest absolute Gasteiger partial charge is 0.263 e. The quantitative estimate of drug-likeness (QED) is 0.772. The van der Waals surface area contributed by atoms with Crippen molar-refractivity contribution in [2.45, 2.75) is 31.9 Å². The van der Waals surface area contributed by atoms with Gasteiger partial charge in [0.05, 0.1) is 4.88 Å². The van der Waals surface area contributed by atoms with Crippen LogP contribution >= 0.6 is 11.3 Å². The molecule has 1 heterocycles. The summed E-state index contributed by atoms with van der Waals surface area (Å²) in [5, 5.41) is 13.7. The molecule has 0 aliphatic heterocycles. The van der Waals surface area contributed by atoms with Crippen LogP contribution in [0.2, 0.25) is 0 Å². The summed E-state index contributed by atoms with van der Waals surface area (Å²) in [6.07, 6.45) is 1.45. The Balaban J connectivity index is 1.78. The number of aryl methyl sites for hydroxylation is 1. The third-order valence-electron chi connectivity index (χ3n) is 3.94. The normalized spacial score (nSPS) is 13.5. The number of aliphatic hydroxyl groups excluding tert-OH is 1. The second-order valence-corrected chi connectivity index (χ2v) is 7.37. The lowest BCUT2D eigenvalue weighted by atomic mass is 10.1. The minimum Gasteiger partial charge on any atom is -0.386 e. The second-order valence-electron chi connectivity index (χ2n) is 6.25. The number of hydrogen-bond acceptors (Lipinski definition) is 4. The molecule has 1 amide bonds. The summed E-state index contributed by atoms with van der Waals surface area (Å²) < 4.78 is 0. The number of carbonyl (C=O) groups is 1. The third kappa shape index (κ3) is 5.44. The highest BCUT2D eigenvalue weighted by atomic mass is 32.1. The van der Waals surface area contributed by atoms with Gasteiger partial charge in [-0.25, -0.2) is 0 Å². The Labute approximate surface area is 148 Å². The first-order valence-corrected chi connectivity index (χ1v) is 9.05. The van der Waals surface area contributed by atoms with Gasteiger partial charge in [-0.2, -0.15) is 0 Å². The number of nitrogens with one attached hydrogen (secondary N) is 1. The minimum atomic E-state index is -0.585. The van der Waals surface area contributed by atoms with Crippen LogP contribution in [0.5, 0.6) is 0 Å². The fourth-order valence-electron chi connectivity index (χ4n) is 2.41. The highest BCUT2D eigenvalue weighted by molar-refractivity contribution is 7.14. The van der Waals surface area contributed by atoms with E-state index < -0.39 is 6.10 Å². The number of nitrogens with zero attached hydrogens (tertiary/aromatic N) is 1. The predicted octanol–water partition coefficient (Wildman–Crippen LogP) is 3.09. The molecule has 0 saturated heterocycles. The zero-order chi connectivity index (χ0) is 17.5. The molecule has 2 atom stereocenters. The van der Waals surface area contributed by atoms with E-state index >= 15 is 0 Å². The van der Waals surface area contributed by atoms with E-state index in [0.29, 0.717) is 17.5 Å². The van der Waals surface area contributed by atoms with Gasteiger partial charge in [-0.05, 0) is 37.5 Å². The molecular formula is C19H26N2O2S. The number of thiophene rings is 1. The first-order chi connectivity index (χ1) is 11.5. The molecule has 0 aliphatic carbocycles. The van der Waals surface area contributed by atoms with E-state index in [4.69, 9.17) is 0 Å². The first-order valence-electron chi connectivity index (χ1n) is 8.24. The fraction of sp³-hybridized carbons (Fsp3) is 0.421. The van der Waals surface area contributed by atoms with Crippen LogP contribution in [0.4, 0.5) is 0 Å². The van der Waals surface area contributed by atoms with Gasteiger partial charge in [-0.15, -0.1) is 11.3 Å². The number of amides is 1. The molecule has 4 nitrogen and oxygen atoms in total. The Morgan fingerprint density at radius 1 is 1.21 bits per heavy atom. The molecule has 130 valence electrons. The topological polar surface area (TPSA) is 52.6 Å². The summed E-state index contributed by atoms with van der Waals surface area (Å²) in [6.45, 7) is 2.62. The lowest BCUT2D eigenvalue weighted by Crippen LogP contribution is -2.30.